The molecule has 1 heterocycles. The van der Waals surface area contributed by atoms with Crippen molar-refractivity contribution in [2.45, 2.75) is 6.18 Å². The van der Waals surface area contributed by atoms with Crippen molar-refractivity contribution in [2.24, 2.45) is 0 Å². The summed E-state index contributed by atoms with van der Waals surface area (Å²) in [5.41, 5.74) is -0.364. The number of alkyl halides is 3. The van der Waals surface area contributed by atoms with Crippen molar-refractivity contribution in [3.05, 3.63) is 59.0 Å². The van der Waals surface area contributed by atoms with Crippen molar-refractivity contribution in [1.29, 1.82) is 0 Å². The smallest absolute Gasteiger partial charge is 0.416 e. The molecule has 0 aliphatic rings. The number of aromatic nitrogens is 3. The van der Waals surface area contributed by atoms with E-state index in [1.807, 2.05) is 0 Å². The van der Waals surface area contributed by atoms with Crippen molar-refractivity contribution in [2.75, 3.05) is 7.11 Å². The minimum absolute atomic E-state index is 0.156. The molecule has 0 saturated heterocycles. The van der Waals surface area contributed by atoms with Crippen LogP contribution in [-0.2, 0) is 6.18 Å². The minimum atomic E-state index is -4.62. The van der Waals surface area contributed by atoms with Crippen LogP contribution in [0.15, 0.2) is 42.6 Å². The zero-order chi connectivity index (χ0) is 18.2. The molecule has 0 N–H and O–H groups in total. The van der Waals surface area contributed by atoms with Gasteiger partial charge in [-0.3, -0.25) is 0 Å². The highest BCUT2D eigenvalue weighted by Crippen LogP contribution is 2.32. The third kappa shape index (κ3) is 3.43. The van der Waals surface area contributed by atoms with Gasteiger partial charge >= 0.3 is 6.18 Å². The lowest BCUT2D eigenvalue weighted by Gasteiger charge is -2.08. The minimum Gasteiger partial charge on any atom is -0.497 e. The van der Waals surface area contributed by atoms with E-state index in [9.17, 15) is 17.6 Å². The maximum Gasteiger partial charge on any atom is 0.416 e. The van der Waals surface area contributed by atoms with Gasteiger partial charge in [-0.25, -0.2) is 9.07 Å². The summed E-state index contributed by atoms with van der Waals surface area (Å²) in [4.78, 5) is 0. The van der Waals surface area contributed by atoms with E-state index in [0.717, 1.165) is 16.8 Å². The first-order valence-electron chi connectivity index (χ1n) is 6.93. The van der Waals surface area contributed by atoms with Gasteiger partial charge in [0.2, 0.25) is 0 Å². The summed E-state index contributed by atoms with van der Waals surface area (Å²) in [6.45, 7) is 0. The van der Waals surface area contributed by atoms with Crippen LogP contribution >= 0.6 is 11.6 Å². The van der Waals surface area contributed by atoms with Gasteiger partial charge in [0, 0.05) is 5.56 Å². The van der Waals surface area contributed by atoms with Crippen molar-refractivity contribution >= 4 is 11.6 Å². The first kappa shape index (κ1) is 17.2. The lowest BCUT2D eigenvalue weighted by atomic mass is 10.1. The number of methoxy groups -OCH3 is 1. The molecule has 0 aliphatic carbocycles. The monoisotopic (exact) mass is 371 g/mol. The fourth-order valence-electron chi connectivity index (χ4n) is 2.20. The molecule has 25 heavy (non-hydrogen) atoms. The van der Waals surface area contributed by atoms with Crippen LogP contribution in [0.3, 0.4) is 0 Å². The van der Waals surface area contributed by atoms with Crippen LogP contribution in [0.1, 0.15) is 5.56 Å². The maximum absolute atomic E-state index is 14.0. The van der Waals surface area contributed by atoms with E-state index in [1.54, 1.807) is 18.2 Å². The first-order valence-corrected chi connectivity index (χ1v) is 7.31. The zero-order valence-corrected chi connectivity index (χ0v) is 13.4. The third-order valence-electron chi connectivity index (χ3n) is 3.47. The second-order valence-corrected chi connectivity index (χ2v) is 5.47. The predicted molar refractivity (Wildman–Crippen MR) is 83.3 cm³/mol. The van der Waals surface area contributed by atoms with Crippen LogP contribution in [0.5, 0.6) is 5.75 Å². The summed E-state index contributed by atoms with van der Waals surface area (Å²) in [6.07, 6.45) is -3.25. The molecule has 0 saturated carbocycles. The van der Waals surface area contributed by atoms with Crippen LogP contribution in [0.2, 0.25) is 5.02 Å². The average Bonchev–Trinajstić information content (AvgIpc) is 3.03. The summed E-state index contributed by atoms with van der Waals surface area (Å²) in [6, 6.07) is 7.08. The van der Waals surface area contributed by atoms with Gasteiger partial charge in [-0.15, -0.1) is 5.10 Å². The predicted octanol–water partition coefficient (Wildman–Crippen LogP) is 4.75. The first-order chi connectivity index (χ1) is 11.8. The molecule has 3 aromatic rings. The van der Waals surface area contributed by atoms with Gasteiger partial charge in [-0.1, -0.05) is 16.8 Å². The van der Waals surface area contributed by atoms with Crippen LogP contribution in [-0.4, -0.2) is 22.1 Å². The second-order valence-electron chi connectivity index (χ2n) is 5.06. The molecule has 1 aromatic heterocycles. The van der Waals surface area contributed by atoms with Gasteiger partial charge in [0.05, 0.1) is 23.9 Å². The van der Waals surface area contributed by atoms with E-state index in [1.165, 1.54) is 13.3 Å². The van der Waals surface area contributed by atoms with Gasteiger partial charge < -0.3 is 4.74 Å². The summed E-state index contributed by atoms with van der Waals surface area (Å²) in [5.74, 6) is -0.512. The number of hydrogen-bond donors (Lipinski definition) is 0. The fraction of sp³-hybridized carbons (Fsp3) is 0.125. The summed E-state index contributed by atoms with van der Waals surface area (Å²) in [5, 5.41) is 7.99. The molecule has 0 radical (unpaired) electrons. The van der Waals surface area contributed by atoms with Crippen molar-refractivity contribution in [3.8, 4) is 22.7 Å². The number of halogens is 5. The van der Waals surface area contributed by atoms with Gasteiger partial charge in [0.15, 0.2) is 0 Å². The molecule has 0 unspecified atom stereocenters. The number of ether oxygens (including phenoxy) is 1. The van der Waals surface area contributed by atoms with Crippen molar-refractivity contribution in [3.63, 3.8) is 0 Å². The fourth-order valence-corrected chi connectivity index (χ4v) is 2.47. The van der Waals surface area contributed by atoms with E-state index in [-0.39, 0.29) is 5.69 Å². The molecule has 2 aromatic carbocycles. The third-order valence-corrected chi connectivity index (χ3v) is 3.78. The topological polar surface area (TPSA) is 39.9 Å². The van der Waals surface area contributed by atoms with Crippen LogP contribution in [0, 0.1) is 5.82 Å². The Morgan fingerprint density at radius 3 is 2.48 bits per heavy atom. The summed E-state index contributed by atoms with van der Waals surface area (Å²) in [7, 11) is 1.50. The summed E-state index contributed by atoms with van der Waals surface area (Å²) < 4.78 is 57.9. The normalized spacial score (nSPS) is 11.6. The van der Waals surface area contributed by atoms with E-state index in [4.69, 9.17) is 16.3 Å². The standard InChI is InChI=1S/C16H10ClF4N3O/c1-25-10-3-4-11(12(17)7-10)14-8-24(23-22-14)15-5-2-9(6-13(15)18)16(19,20)21/h2-8H,1H3. The molecule has 9 heteroatoms. The molecule has 0 spiro atoms. The Kier molecular flexibility index (Phi) is 4.38. The molecule has 0 bridgehead atoms. The Bertz CT molecular complexity index is 924. The van der Waals surface area contributed by atoms with E-state index < -0.39 is 17.6 Å². The molecule has 0 fully saturated rings. The Labute approximate surface area is 144 Å². The van der Waals surface area contributed by atoms with Crippen molar-refractivity contribution in [1.82, 2.24) is 15.0 Å². The van der Waals surface area contributed by atoms with Gasteiger partial charge in [-0.05, 0) is 36.4 Å². The SMILES string of the molecule is COc1ccc(-c2cn(-c3ccc(C(F)(F)F)cc3F)nn2)c(Cl)c1. The Morgan fingerprint density at radius 1 is 1.12 bits per heavy atom. The van der Waals surface area contributed by atoms with Gasteiger partial charge in [0.1, 0.15) is 22.9 Å². The number of rotatable bonds is 3. The number of nitrogens with zero attached hydrogens (tertiary/aromatic N) is 3. The molecule has 0 atom stereocenters. The van der Waals surface area contributed by atoms with Gasteiger partial charge in [0.25, 0.3) is 0 Å². The Hall–Kier alpha value is -2.61. The molecule has 3 rings (SSSR count). The van der Waals surface area contributed by atoms with E-state index in [2.05, 4.69) is 10.3 Å². The van der Waals surface area contributed by atoms with E-state index in [0.29, 0.717) is 28.1 Å². The lowest BCUT2D eigenvalue weighted by Crippen LogP contribution is -2.07. The largest absolute Gasteiger partial charge is 0.497 e. The van der Waals surface area contributed by atoms with Crippen LogP contribution in [0.25, 0.3) is 16.9 Å². The van der Waals surface area contributed by atoms with Crippen LogP contribution in [0.4, 0.5) is 17.6 Å². The number of hydrogen-bond acceptors (Lipinski definition) is 3. The van der Waals surface area contributed by atoms with E-state index >= 15 is 0 Å². The lowest BCUT2D eigenvalue weighted by molar-refractivity contribution is -0.137. The molecule has 130 valence electrons. The van der Waals surface area contributed by atoms with Crippen LogP contribution < -0.4 is 4.74 Å². The highest BCUT2D eigenvalue weighted by atomic mass is 35.5. The quantitative estimate of drug-likeness (QED) is 0.623. The molecule has 0 aliphatic heterocycles. The molecule has 4 nitrogen and oxygen atoms in total. The second kappa shape index (κ2) is 6.36. The highest BCUT2D eigenvalue weighted by molar-refractivity contribution is 6.33. The summed E-state index contributed by atoms with van der Waals surface area (Å²) >= 11 is 6.14. The number of benzene rings is 2. The molecular formula is C16H10ClF4N3O. The average molecular weight is 372 g/mol. The molecule has 0 amide bonds. The Morgan fingerprint density at radius 2 is 1.88 bits per heavy atom. The molecular weight excluding hydrogens is 362 g/mol. The van der Waals surface area contributed by atoms with Crippen molar-refractivity contribution < 1.29 is 22.3 Å². The van der Waals surface area contributed by atoms with Gasteiger partial charge in [-0.2, -0.15) is 13.2 Å². The zero-order valence-electron chi connectivity index (χ0n) is 12.7. The maximum atomic E-state index is 14.0. The highest BCUT2D eigenvalue weighted by Gasteiger charge is 2.31. The Balaban J connectivity index is 1.97.